The maximum Gasteiger partial charge on any atom is 0.387 e. The first kappa shape index (κ1) is 7.62. The van der Waals surface area contributed by atoms with Crippen molar-refractivity contribution in [2.24, 2.45) is 0 Å². The molecule has 0 aliphatic rings. The van der Waals surface area contributed by atoms with E-state index in [1.54, 1.807) is 0 Å². The van der Waals surface area contributed by atoms with E-state index in [1.165, 1.54) is 7.05 Å². The van der Waals surface area contributed by atoms with Crippen molar-refractivity contribution < 1.29 is 16.8 Å². The predicted molar refractivity (Wildman–Crippen MR) is 31.9 cm³/mol. The van der Waals surface area contributed by atoms with Gasteiger partial charge in [-0.3, -0.25) is 0 Å². The van der Waals surface area contributed by atoms with Crippen molar-refractivity contribution in [3.05, 3.63) is 13.2 Å². The van der Waals surface area contributed by atoms with Gasteiger partial charge >= 0.3 is 1.41 Å². The Labute approximate surface area is 51.3 Å². The van der Waals surface area contributed by atoms with Crippen LogP contribution in [0.4, 0.5) is 0 Å². The van der Waals surface area contributed by atoms with E-state index in [0.717, 1.165) is 0 Å². The molecule has 0 aliphatic heterocycles. The van der Waals surface area contributed by atoms with Crippen LogP contribution in [0.15, 0.2) is 13.2 Å². The molecule has 0 saturated heterocycles. The number of likely N-dealkylation sites (N-methyl/N-ethyl adjacent to an activating group) is 1. The Morgan fingerprint density at radius 1 is 1.75 bits per heavy atom. The zero-order valence-electron chi connectivity index (χ0n) is 6.17. The van der Waals surface area contributed by atoms with Gasteiger partial charge in [0.05, 0.1) is 13.7 Å². The fourth-order valence-corrected chi connectivity index (χ4v) is 0.145. The second-order valence-corrected chi connectivity index (χ2v) is 1.10. The summed E-state index contributed by atoms with van der Waals surface area (Å²) in [6, 6.07) is 0. The van der Waals surface area contributed by atoms with Crippen molar-refractivity contribution in [1.82, 2.24) is 0 Å². The van der Waals surface area contributed by atoms with Crippen LogP contribution >= 0.6 is 0 Å². The summed E-state index contributed by atoms with van der Waals surface area (Å²) in [6.45, 7) is 5.90. The molecule has 0 rings (SSSR count). The van der Waals surface area contributed by atoms with E-state index in [2.05, 4.69) is 13.2 Å². The highest BCUT2D eigenvalue weighted by Crippen LogP contribution is 1.35. The van der Waals surface area contributed by atoms with Crippen LogP contribution in [0.1, 0.15) is 0 Å². The molecular weight excluding hydrogens is 106 g/mol. The minimum atomic E-state index is -0.906. The molecule has 0 spiro atoms. The smallest absolute Gasteiger partial charge is 0.387 e. The first-order valence-electron chi connectivity index (χ1n) is 2.73. The average molecular weight is 122 g/mol. The van der Waals surface area contributed by atoms with Crippen molar-refractivity contribution in [2.75, 3.05) is 20.2 Å². The van der Waals surface area contributed by atoms with Crippen LogP contribution in [-0.2, 0) is 0 Å². The summed E-state index contributed by atoms with van der Waals surface area (Å²) in [4.78, 5) is 0. The lowest BCUT2D eigenvalue weighted by molar-refractivity contribution is -1.07. The fraction of sp³-hybridized carbons (Fsp3) is 0.600. The molecule has 0 aliphatic carbocycles. The van der Waals surface area contributed by atoms with Gasteiger partial charge in [-0.2, -0.15) is 5.06 Å². The number of rotatable bonds is 2. The lowest BCUT2D eigenvalue weighted by Crippen LogP contribution is -3.07. The van der Waals surface area contributed by atoms with Crippen molar-refractivity contribution >= 4 is 0 Å². The summed E-state index contributed by atoms with van der Waals surface area (Å²) in [5.74, 6) is 0. The summed E-state index contributed by atoms with van der Waals surface area (Å²) in [6.07, 6.45) is 0. The zero-order valence-corrected chi connectivity index (χ0v) is 5.17. The average Bonchev–Trinajstić information content (AvgIpc) is 1.69. The third kappa shape index (κ3) is 17.5. The fourth-order valence-electron chi connectivity index (χ4n) is 0.145. The maximum absolute atomic E-state index is 8.46. The Kier molecular flexibility index (Phi) is 9.33. The van der Waals surface area contributed by atoms with Gasteiger partial charge in [0.15, 0.2) is 0 Å². The molecule has 0 radical (unpaired) electrons. The molecule has 1 atom stereocenters. The molecule has 3 nitrogen and oxygen atoms in total. The summed E-state index contributed by atoms with van der Waals surface area (Å²) in [5.41, 5.74) is 0. The lowest BCUT2D eigenvalue weighted by atomic mass is 10.7. The molecule has 3 heteroatoms. The largest absolute Gasteiger partial charge is 0.390 e. The maximum atomic E-state index is 8.46. The molecule has 0 bridgehead atoms. The minimum absolute atomic E-state index is 0.0556. The monoisotopic (exact) mass is 122 g/mol. The van der Waals surface area contributed by atoms with Gasteiger partial charge in [-0.1, -0.05) is 0 Å². The third-order valence-electron chi connectivity index (χ3n) is 0.424. The number of nitrogens with one attached hydrogen (secondary N) is 1. The van der Waals surface area contributed by atoms with Crippen molar-refractivity contribution in [2.45, 2.75) is 0 Å². The quantitative estimate of drug-likeness (QED) is 0.314. The molecule has 3 N–H and O–H groups in total. The second-order valence-electron chi connectivity index (χ2n) is 1.10. The number of hydroxylamine groups is 2. The third-order valence-corrected chi connectivity index (χ3v) is 0.424. The molecule has 1 unspecified atom stereocenters. The first-order chi connectivity index (χ1) is 4.06. The number of quaternary nitrogens is 1. The first-order valence-corrected chi connectivity index (χ1v) is 2.28. The van der Waals surface area contributed by atoms with Gasteiger partial charge in [0.25, 0.3) is 0 Å². The van der Waals surface area contributed by atoms with Crippen LogP contribution in [0.25, 0.3) is 0 Å². The molecule has 0 aromatic heterocycles. The van der Waals surface area contributed by atoms with E-state index in [1.807, 2.05) is 0 Å². The van der Waals surface area contributed by atoms with Gasteiger partial charge in [0, 0.05) is 0 Å². The molecule has 8 heavy (non-hydrogen) atoms. The normalized spacial score (nSPS) is 17.1. The highest BCUT2D eigenvalue weighted by Gasteiger charge is 1.87. The Morgan fingerprint density at radius 3 is 2.12 bits per heavy atom. The number of hydrogen-bond acceptors (Lipinski definition) is 2. The Bertz CT molecular complexity index is 62.5. The van der Waals surface area contributed by atoms with Crippen molar-refractivity contribution in [3.63, 3.8) is 0 Å². The minimum Gasteiger partial charge on any atom is -0.390 e. The highest BCUT2D eigenvalue weighted by atomic mass is 16.5. The molecule has 0 aromatic rings. The number of aliphatic hydroxyl groups excluding tert-OH is 1. The Hall–Kier alpha value is -0.380. The van der Waals surface area contributed by atoms with Crippen LogP contribution in [0.2, 0.25) is 1.41 Å². The summed E-state index contributed by atoms with van der Waals surface area (Å²) < 4.78 is 6.66. The second kappa shape index (κ2) is 9.80. The van der Waals surface area contributed by atoms with Crippen molar-refractivity contribution in [3.8, 4) is 0 Å². The Morgan fingerprint density at radius 2 is 2.12 bits per heavy atom. The van der Waals surface area contributed by atoms with Crippen LogP contribution in [0.5, 0.6) is 0 Å². The van der Waals surface area contributed by atoms with Crippen LogP contribution in [0, 0.1) is 0 Å². The van der Waals surface area contributed by atoms with E-state index in [-0.39, 0.29) is 13.2 Å². The number of aliphatic hydroxyl groups is 1. The molecule has 0 fully saturated rings. The van der Waals surface area contributed by atoms with Gasteiger partial charge in [0.1, 0.15) is 6.54 Å². The lowest BCUT2D eigenvalue weighted by Gasteiger charge is -1.97. The molecule has 0 heterocycles. The van der Waals surface area contributed by atoms with E-state index in [9.17, 15) is 0 Å². The van der Waals surface area contributed by atoms with Crippen LogP contribution in [-0.4, -0.2) is 30.5 Å². The van der Waals surface area contributed by atoms with E-state index < -0.39 is 5.06 Å². The topological polar surface area (TPSA) is 44.9 Å². The summed E-state index contributed by atoms with van der Waals surface area (Å²) in [5, 5.41) is 15.7. The van der Waals surface area contributed by atoms with Gasteiger partial charge < -0.3 is 5.11 Å². The summed E-state index contributed by atoms with van der Waals surface area (Å²) in [7, 11) is 1.27. The molecular formula is C5H14NO2+. The van der Waals surface area contributed by atoms with E-state index in [0.29, 0.717) is 0 Å². The predicted octanol–water partition coefficient (Wildman–Crippen LogP) is -1.32. The van der Waals surface area contributed by atoms with Crippen LogP contribution in [0.3, 0.4) is 0 Å². The standard InChI is InChI=1S/C3H9NO2.C2H4/c1-4(6)2-3-5;1-2/h5-6H,2-3H2,1H3;1-2H2/p+1/i/hT. The van der Waals surface area contributed by atoms with Crippen LogP contribution < -0.4 is 5.06 Å². The van der Waals surface area contributed by atoms with Crippen molar-refractivity contribution in [1.29, 1.82) is 0 Å². The van der Waals surface area contributed by atoms with Gasteiger partial charge in [0.2, 0.25) is 0 Å². The SMILES string of the molecule is C=C.[3H][N+](C)(O)CCO. The Balaban J connectivity index is 0. The molecule has 0 saturated carbocycles. The highest BCUT2D eigenvalue weighted by molar-refractivity contribution is 4.22. The molecule has 0 amide bonds. The van der Waals surface area contributed by atoms with E-state index >= 15 is 0 Å². The van der Waals surface area contributed by atoms with Gasteiger partial charge in [-0.15, -0.1) is 13.2 Å². The number of hydrogen-bond donors (Lipinski definition) is 3. The van der Waals surface area contributed by atoms with Gasteiger partial charge in [-0.25, -0.2) is 5.21 Å². The van der Waals surface area contributed by atoms with E-state index in [4.69, 9.17) is 11.7 Å². The zero-order chi connectivity index (χ0) is 7.91. The summed E-state index contributed by atoms with van der Waals surface area (Å²) >= 11 is 0. The van der Waals surface area contributed by atoms with Gasteiger partial charge in [-0.05, 0) is 0 Å². The molecule has 50 valence electrons. The molecule has 0 aromatic carbocycles.